The lowest BCUT2D eigenvalue weighted by molar-refractivity contribution is 1.07. The van der Waals surface area contributed by atoms with Gasteiger partial charge in [0.1, 0.15) is 18.0 Å². The summed E-state index contributed by atoms with van der Waals surface area (Å²) >= 11 is 0. The van der Waals surface area contributed by atoms with Crippen LogP contribution < -0.4 is 10.6 Å². The molecule has 0 saturated carbocycles. The molecule has 0 aliphatic carbocycles. The van der Waals surface area contributed by atoms with Gasteiger partial charge in [0.25, 0.3) is 0 Å². The van der Waals surface area contributed by atoms with Crippen molar-refractivity contribution in [2.75, 3.05) is 10.6 Å². The summed E-state index contributed by atoms with van der Waals surface area (Å²) in [6, 6.07) is 14.0. The maximum absolute atomic E-state index is 4.24. The normalized spacial score (nSPS) is 10.2. The van der Waals surface area contributed by atoms with Gasteiger partial charge in [-0.05, 0) is 30.7 Å². The SMILES string of the molecule is Cc1ccc(Nc2cc(NCc3cccnc3)ncn2)cc1. The second-order valence-electron chi connectivity index (χ2n) is 4.99. The van der Waals surface area contributed by atoms with Crippen LogP contribution in [0, 0.1) is 6.92 Å². The van der Waals surface area contributed by atoms with E-state index in [9.17, 15) is 0 Å². The van der Waals surface area contributed by atoms with Crippen LogP contribution in [-0.4, -0.2) is 15.0 Å². The van der Waals surface area contributed by atoms with Crippen molar-refractivity contribution in [3.05, 3.63) is 72.3 Å². The first kappa shape index (κ1) is 14.0. The van der Waals surface area contributed by atoms with Gasteiger partial charge in [0, 0.05) is 30.7 Å². The maximum atomic E-state index is 4.24. The van der Waals surface area contributed by atoms with Crippen LogP contribution in [0.15, 0.2) is 61.2 Å². The number of rotatable bonds is 5. The lowest BCUT2D eigenvalue weighted by Gasteiger charge is -2.09. The lowest BCUT2D eigenvalue weighted by Crippen LogP contribution is -2.03. The van der Waals surface area contributed by atoms with Crippen LogP contribution in [-0.2, 0) is 6.54 Å². The van der Waals surface area contributed by atoms with Gasteiger partial charge in [0.2, 0.25) is 0 Å². The van der Waals surface area contributed by atoms with Crippen molar-refractivity contribution < 1.29 is 0 Å². The van der Waals surface area contributed by atoms with Crippen LogP contribution in [0.25, 0.3) is 0 Å². The zero-order chi connectivity index (χ0) is 15.2. The second-order valence-corrected chi connectivity index (χ2v) is 4.99. The molecule has 0 aliphatic heterocycles. The monoisotopic (exact) mass is 291 g/mol. The van der Waals surface area contributed by atoms with Crippen LogP contribution in [0.3, 0.4) is 0 Å². The van der Waals surface area contributed by atoms with Crippen LogP contribution in [0.1, 0.15) is 11.1 Å². The Morgan fingerprint density at radius 3 is 2.59 bits per heavy atom. The molecule has 0 spiro atoms. The van der Waals surface area contributed by atoms with Gasteiger partial charge in [-0.3, -0.25) is 4.98 Å². The third-order valence-corrected chi connectivity index (χ3v) is 3.19. The van der Waals surface area contributed by atoms with Crippen LogP contribution in [0.4, 0.5) is 17.3 Å². The third kappa shape index (κ3) is 3.79. The van der Waals surface area contributed by atoms with E-state index in [1.807, 2.05) is 36.5 Å². The Labute approximate surface area is 129 Å². The summed E-state index contributed by atoms with van der Waals surface area (Å²) in [5.74, 6) is 1.53. The molecule has 5 heteroatoms. The molecule has 0 saturated heterocycles. The Bertz CT molecular complexity index is 726. The number of pyridine rings is 1. The van der Waals surface area contributed by atoms with Gasteiger partial charge in [-0.1, -0.05) is 23.8 Å². The molecular weight excluding hydrogens is 274 g/mol. The predicted molar refractivity (Wildman–Crippen MR) is 88.1 cm³/mol. The van der Waals surface area contributed by atoms with Gasteiger partial charge in [0.15, 0.2) is 0 Å². The molecule has 0 fully saturated rings. The summed E-state index contributed by atoms with van der Waals surface area (Å²) in [6.45, 7) is 2.74. The quantitative estimate of drug-likeness (QED) is 0.753. The lowest BCUT2D eigenvalue weighted by atomic mass is 10.2. The van der Waals surface area contributed by atoms with E-state index in [2.05, 4.69) is 44.6 Å². The fourth-order valence-electron chi connectivity index (χ4n) is 2.00. The van der Waals surface area contributed by atoms with Crippen LogP contribution >= 0.6 is 0 Å². The summed E-state index contributed by atoms with van der Waals surface area (Å²) in [5.41, 5.74) is 3.34. The van der Waals surface area contributed by atoms with Crippen molar-refractivity contribution in [1.29, 1.82) is 0 Å². The minimum absolute atomic E-state index is 0.675. The first-order valence-corrected chi connectivity index (χ1v) is 7.08. The highest BCUT2D eigenvalue weighted by atomic mass is 15.1. The summed E-state index contributed by atoms with van der Waals surface area (Å²) in [6.07, 6.45) is 5.14. The van der Waals surface area contributed by atoms with E-state index in [1.165, 1.54) is 5.56 Å². The zero-order valence-corrected chi connectivity index (χ0v) is 12.3. The van der Waals surface area contributed by atoms with Crippen molar-refractivity contribution in [2.24, 2.45) is 0 Å². The van der Waals surface area contributed by atoms with E-state index in [0.29, 0.717) is 6.54 Å². The van der Waals surface area contributed by atoms with E-state index in [1.54, 1.807) is 12.5 Å². The van der Waals surface area contributed by atoms with Gasteiger partial charge in [0.05, 0.1) is 0 Å². The average Bonchev–Trinajstić information content (AvgIpc) is 2.57. The number of anilines is 3. The van der Waals surface area contributed by atoms with Crippen molar-refractivity contribution >= 4 is 17.3 Å². The number of nitrogens with one attached hydrogen (secondary N) is 2. The maximum Gasteiger partial charge on any atom is 0.135 e. The molecule has 3 rings (SSSR count). The fraction of sp³-hybridized carbons (Fsp3) is 0.118. The number of nitrogens with zero attached hydrogens (tertiary/aromatic N) is 3. The standard InChI is InChI=1S/C17H17N5/c1-13-4-6-15(7-5-13)22-17-9-16(20-12-21-17)19-11-14-3-2-8-18-10-14/h2-10,12H,11H2,1H3,(H2,19,20,21,22). The average molecular weight is 291 g/mol. The Kier molecular flexibility index (Phi) is 4.25. The molecule has 1 aromatic carbocycles. The molecule has 0 aliphatic rings. The van der Waals surface area contributed by atoms with Crippen LogP contribution in [0.5, 0.6) is 0 Å². The molecule has 0 atom stereocenters. The smallest absolute Gasteiger partial charge is 0.135 e. The minimum Gasteiger partial charge on any atom is -0.366 e. The molecule has 2 aromatic heterocycles. The predicted octanol–water partition coefficient (Wildman–Crippen LogP) is 3.54. The highest BCUT2D eigenvalue weighted by molar-refractivity contribution is 5.59. The molecule has 2 heterocycles. The number of hydrogen-bond acceptors (Lipinski definition) is 5. The second kappa shape index (κ2) is 6.67. The Morgan fingerprint density at radius 2 is 1.82 bits per heavy atom. The first-order chi connectivity index (χ1) is 10.8. The minimum atomic E-state index is 0.675. The molecule has 0 radical (unpaired) electrons. The number of aromatic nitrogens is 3. The molecule has 0 bridgehead atoms. The van der Waals surface area contributed by atoms with Gasteiger partial charge in [-0.2, -0.15) is 0 Å². The topological polar surface area (TPSA) is 62.7 Å². The van der Waals surface area contributed by atoms with Crippen molar-refractivity contribution in [3.63, 3.8) is 0 Å². The van der Waals surface area contributed by atoms with Gasteiger partial charge < -0.3 is 10.6 Å². The molecular formula is C17H17N5. The van der Waals surface area contributed by atoms with Gasteiger partial charge in [-0.15, -0.1) is 0 Å². The molecule has 22 heavy (non-hydrogen) atoms. The molecule has 110 valence electrons. The van der Waals surface area contributed by atoms with Crippen molar-refractivity contribution in [3.8, 4) is 0 Å². The third-order valence-electron chi connectivity index (χ3n) is 3.19. The van der Waals surface area contributed by atoms with Crippen molar-refractivity contribution in [1.82, 2.24) is 15.0 Å². The fourth-order valence-corrected chi connectivity index (χ4v) is 2.00. The van der Waals surface area contributed by atoms with E-state index in [4.69, 9.17) is 0 Å². The molecule has 0 unspecified atom stereocenters. The number of benzene rings is 1. The Balaban J connectivity index is 1.66. The first-order valence-electron chi connectivity index (χ1n) is 7.08. The summed E-state index contributed by atoms with van der Waals surface area (Å²) in [5, 5.41) is 6.53. The van der Waals surface area contributed by atoms with E-state index in [-0.39, 0.29) is 0 Å². The number of aryl methyl sites for hydroxylation is 1. The molecule has 2 N–H and O–H groups in total. The van der Waals surface area contributed by atoms with Gasteiger partial charge in [-0.25, -0.2) is 9.97 Å². The van der Waals surface area contributed by atoms with E-state index < -0.39 is 0 Å². The van der Waals surface area contributed by atoms with Gasteiger partial charge >= 0.3 is 0 Å². The Morgan fingerprint density at radius 1 is 1.00 bits per heavy atom. The summed E-state index contributed by atoms with van der Waals surface area (Å²) in [4.78, 5) is 12.6. The zero-order valence-electron chi connectivity index (χ0n) is 12.3. The largest absolute Gasteiger partial charge is 0.366 e. The highest BCUT2D eigenvalue weighted by Gasteiger charge is 2.00. The molecule has 5 nitrogen and oxygen atoms in total. The van der Waals surface area contributed by atoms with E-state index >= 15 is 0 Å². The highest BCUT2D eigenvalue weighted by Crippen LogP contribution is 2.17. The Hall–Kier alpha value is -2.95. The number of hydrogen-bond donors (Lipinski definition) is 2. The molecule has 0 amide bonds. The van der Waals surface area contributed by atoms with Crippen LogP contribution in [0.2, 0.25) is 0 Å². The van der Waals surface area contributed by atoms with Crippen molar-refractivity contribution in [2.45, 2.75) is 13.5 Å². The molecule has 3 aromatic rings. The van der Waals surface area contributed by atoms with E-state index in [0.717, 1.165) is 22.9 Å². The summed E-state index contributed by atoms with van der Waals surface area (Å²) < 4.78 is 0. The summed E-state index contributed by atoms with van der Waals surface area (Å²) in [7, 11) is 0.